The van der Waals surface area contributed by atoms with Gasteiger partial charge in [-0.25, -0.2) is 9.18 Å². The molecule has 0 fully saturated rings. The first-order valence-corrected chi connectivity index (χ1v) is 8.87. The van der Waals surface area contributed by atoms with Gasteiger partial charge in [-0.05, 0) is 58.0 Å². The van der Waals surface area contributed by atoms with Crippen LogP contribution in [0.2, 0.25) is 0 Å². The summed E-state index contributed by atoms with van der Waals surface area (Å²) >= 11 is 0. The van der Waals surface area contributed by atoms with Crippen molar-refractivity contribution in [3.8, 4) is 11.5 Å². The van der Waals surface area contributed by atoms with Gasteiger partial charge in [0.15, 0.2) is 0 Å². The summed E-state index contributed by atoms with van der Waals surface area (Å²) in [5.74, 6) is -0.157. The van der Waals surface area contributed by atoms with Crippen LogP contribution in [0.5, 0.6) is 11.5 Å². The van der Waals surface area contributed by atoms with Crippen molar-refractivity contribution < 1.29 is 28.2 Å². The van der Waals surface area contributed by atoms with Crippen molar-refractivity contribution in [2.24, 2.45) is 0 Å². The Morgan fingerprint density at radius 1 is 0.931 bits per heavy atom. The lowest BCUT2D eigenvalue weighted by atomic mass is 10.1. The predicted octanol–water partition coefficient (Wildman–Crippen LogP) is 4.75. The lowest BCUT2D eigenvalue weighted by Crippen LogP contribution is -2.27. The summed E-state index contributed by atoms with van der Waals surface area (Å²) in [6.45, 7) is 6.96. The van der Waals surface area contributed by atoms with Crippen molar-refractivity contribution in [3.05, 3.63) is 47.3 Å². The number of amides is 2. The fourth-order valence-electron chi connectivity index (χ4n) is 2.55. The number of hydrogen-bond donors (Lipinski definition) is 2. The zero-order valence-electron chi connectivity index (χ0n) is 17.3. The molecule has 0 heterocycles. The van der Waals surface area contributed by atoms with Gasteiger partial charge in [0.2, 0.25) is 0 Å². The summed E-state index contributed by atoms with van der Waals surface area (Å²) < 4.78 is 29.5. The van der Waals surface area contributed by atoms with E-state index in [0.717, 1.165) is 11.6 Å². The molecule has 0 unspecified atom stereocenters. The summed E-state index contributed by atoms with van der Waals surface area (Å²) in [6, 6.07) is 6.71. The second kappa shape index (κ2) is 8.81. The van der Waals surface area contributed by atoms with Crippen molar-refractivity contribution in [2.45, 2.75) is 33.3 Å². The molecule has 2 N–H and O–H groups in total. The Morgan fingerprint density at radius 3 is 2.03 bits per heavy atom. The molecule has 2 aromatic carbocycles. The SMILES string of the molecule is COc1cc(C(=O)Nc2cc(F)ccc2NC(=O)OC(C)(C)C)cc(OC)c1C. The highest BCUT2D eigenvalue weighted by Gasteiger charge is 2.19. The minimum absolute atomic E-state index is 0.0827. The van der Waals surface area contributed by atoms with Crippen LogP contribution in [0.1, 0.15) is 36.7 Å². The standard InChI is InChI=1S/C21H25FN2O5/c1-12-17(27-5)9-13(10-18(12)28-6)19(25)23-16-11-14(22)7-8-15(16)24-20(26)29-21(2,3)4/h7-11H,1-6H3,(H,23,25)(H,24,26). The molecule has 2 rings (SSSR count). The van der Waals surface area contributed by atoms with Gasteiger partial charge < -0.3 is 19.5 Å². The second-order valence-electron chi connectivity index (χ2n) is 7.28. The van der Waals surface area contributed by atoms with Gasteiger partial charge in [-0.2, -0.15) is 0 Å². The molecule has 0 atom stereocenters. The Kier molecular flexibility index (Phi) is 6.68. The van der Waals surface area contributed by atoms with Gasteiger partial charge in [0, 0.05) is 11.1 Å². The third-order valence-corrected chi connectivity index (χ3v) is 3.88. The summed E-state index contributed by atoms with van der Waals surface area (Å²) in [5.41, 5.74) is 0.559. The van der Waals surface area contributed by atoms with Crippen LogP contribution in [-0.2, 0) is 4.74 Å². The fraction of sp³-hybridized carbons (Fsp3) is 0.333. The lowest BCUT2D eigenvalue weighted by molar-refractivity contribution is 0.0635. The average Bonchev–Trinajstić information content (AvgIpc) is 2.62. The summed E-state index contributed by atoms with van der Waals surface area (Å²) in [4.78, 5) is 24.8. The highest BCUT2D eigenvalue weighted by Crippen LogP contribution is 2.31. The Hall–Kier alpha value is -3.29. The van der Waals surface area contributed by atoms with Gasteiger partial charge in [0.1, 0.15) is 22.9 Å². The first kappa shape index (κ1) is 22.0. The number of ether oxygens (including phenoxy) is 3. The smallest absolute Gasteiger partial charge is 0.412 e. The normalized spacial score (nSPS) is 10.9. The summed E-state index contributed by atoms with van der Waals surface area (Å²) in [5, 5.41) is 5.11. The first-order chi connectivity index (χ1) is 13.5. The largest absolute Gasteiger partial charge is 0.496 e. The number of rotatable bonds is 5. The monoisotopic (exact) mass is 404 g/mol. The van der Waals surface area contributed by atoms with E-state index >= 15 is 0 Å². The zero-order valence-corrected chi connectivity index (χ0v) is 17.3. The van der Waals surface area contributed by atoms with E-state index in [2.05, 4.69) is 10.6 Å². The molecule has 0 spiro atoms. The van der Waals surface area contributed by atoms with Gasteiger partial charge in [-0.3, -0.25) is 10.1 Å². The zero-order chi connectivity index (χ0) is 21.8. The second-order valence-corrected chi connectivity index (χ2v) is 7.28. The summed E-state index contributed by atoms with van der Waals surface area (Å²) in [7, 11) is 2.97. The molecule has 0 saturated heterocycles. The Labute approximate surface area is 169 Å². The maximum absolute atomic E-state index is 13.8. The molecule has 0 radical (unpaired) electrons. The number of anilines is 2. The van der Waals surface area contributed by atoms with Crippen molar-refractivity contribution in [2.75, 3.05) is 24.9 Å². The lowest BCUT2D eigenvalue weighted by Gasteiger charge is -2.20. The molecule has 0 aliphatic rings. The van der Waals surface area contributed by atoms with E-state index in [1.165, 1.54) is 26.4 Å². The first-order valence-electron chi connectivity index (χ1n) is 8.87. The average molecular weight is 404 g/mol. The number of methoxy groups -OCH3 is 2. The van der Waals surface area contributed by atoms with Gasteiger partial charge in [0.05, 0.1) is 25.6 Å². The molecule has 0 saturated carbocycles. The Balaban J connectivity index is 2.31. The highest BCUT2D eigenvalue weighted by molar-refractivity contribution is 6.07. The van der Waals surface area contributed by atoms with Gasteiger partial charge in [0.25, 0.3) is 5.91 Å². The number of halogens is 1. The van der Waals surface area contributed by atoms with Crippen molar-refractivity contribution in [3.63, 3.8) is 0 Å². The van der Waals surface area contributed by atoms with Crippen LogP contribution in [0.4, 0.5) is 20.6 Å². The van der Waals surface area contributed by atoms with Gasteiger partial charge in [-0.15, -0.1) is 0 Å². The molecule has 8 heteroatoms. The van der Waals surface area contributed by atoms with E-state index in [-0.39, 0.29) is 16.9 Å². The number of hydrogen-bond acceptors (Lipinski definition) is 5. The number of nitrogens with one attached hydrogen (secondary N) is 2. The van der Waals surface area contributed by atoms with Crippen LogP contribution < -0.4 is 20.1 Å². The van der Waals surface area contributed by atoms with Crippen LogP contribution in [0.25, 0.3) is 0 Å². The fourth-order valence-corrected chi connectivity index (χ4v) is 2.55. The number of carbonyl (C=O) groups is 2. The maximum Gasteiger partial charge on any atom is 0.412 e. The molecule has 7 nitrogen and oxygen atoms in total. The van der Waals surface area contributed by atoms with Crippen molar-refractivity contribution in [1.82, 2.24) is 0 Å². The van der Waals surface area contributed by atoms with Crippen LogP contribution in [0.15, 0.2) is 30.3 Å². The molecular formula is C21H25FN2O5. The molecule has 0 bridgehead atoms. The van der Waals surface area contributed by atoms with Gasteiger partial charge >= 0.3 is 6.09 Å². The Bertz CT molecular complexity index is 897. The number of benzene rings is 2. The maximum atomic E-state index is 13.8. The van der Waals surface area contributed by atoms with Crippen LogP contribution in [0, 0.1) is 12.7 Å². The molecule has 156 valence electrons. The summed E-state index contributed by atoms with van der Waals surface area (Å²) in [6.07, 6.45) is -0.724. The highest BCUT2D eigenvalue weighted by atomic mass is 19.1. The van der Waals surface area contributed by atoms with E-state index in [4.69, 9.17) is 14.2 Å². The van der Waals surface area contributed by atoms with Crippen molar-refractivity contribution in [1.29, 1.82) is 0 Å². The topological polar surface area (TPSA) is 85.9 Å². The molecule has 29 heavy (non-hydrogen) atoms. The van der Waals surface area contributed by atoms with E-state index in [9.17, 15) is 14.0 Å². The third-order valence-electron chi connectivity index (χ3n) is 3.88. The minimum atomic E-state index is -0.724. The van der Waals surface area contributed by atoms with E-state index in [1.807, 2.05) is 0 Å². The van der Waals surface area contributed by atoms with E-state index in [1.54, 1.807) is 39.8 Å². The van der Waals surface area contributed by atoms with E-state index < -0.39 is 23.4 Å². The van der Waals surface area contributed by atoms with Crippen LogP contribution in [-0.4, -0.2) is 31.8 Å². The van der Waals surface area contributed by atoms with Gasteiger partial charge in [-0.1, -0.05) is 0 Å². The minimum Gasteiger partial charge on any atom is -0.496 e. The third kappa shape index (κ3) is 5.84. The van der Waals surface area contributed by atoms with Crippen LogP contribution >= 0.6 is 0 Å². The predicted molar refractivity (Wildman–Crippen MR) is 108 cm³/mol. The molecule has 0 aromatic heterocycles. The quantitative estimate of drug-likeness (QED) is 0.751. The Morgan fingerprint density at radius 2 is 1.52 bits per heavy atom. The molecule has 2 aromatic rings. The van der Waals surface area contributed by atoms with Crippen molar-refractivity contribution >= 4 is 23.4 Å². The molecule has 2 amide bonds. The van der Waals surface area contributed by atoms with E-state index in [0.29, 0.717) is 11.5 Å². The van der Waals surface area contributed by atoms with Crippen LogP contribution in [0.3, 0.4) is 0 Å². The number of carbonyl (C=O) groups excluding carboxylic acids is 2. The molecular weight excluding hydrogens is 379 g/mol. The molecule has 0 aliphatic heterocycles. The molecule has 0 aliphatic carbocycles.